The third kappa shape index (κ3) is 4.26. The first-order chi connectivity index (χ1) is 16.0. The SMILES string of the molecule is O=C(c1nn(Cc2ccccc2)c(=O)c2ccccc12)N(Cc1c(F)cccc1Cl)C1CC1. The minimum atomic E-state index is -0.451. The molecule has 1 fully saturated rings. The van der Waals surface area contributed by atoms with Crippen molar-refractivity contribution >= 4 is 28.3 Å². The van der Waals surface area contributed by atoms with Crippen molar-refractivity contribution in [2.75, 3.05) is 0 Å². The van der Waals surface area contributed by atoms with Gasteiger partial charge < -0.3 is 4.90 Å². The summed E-state index contributed by atoms with van der Waals surface area (Å²) in [5, 5.41) is 5.69. The molecule has 166 valence electrons. The molecule has 5 nitrogen and oxygen atoms in total. The first-order valence-corrected chi connectivity index (χ1v) is 11.2. The van der Waals surface area contributed by atoms with Gasteiger partial charge in [-0.25, -0.2) is 9.07 Å². The summed E-state index contributed by atoms with van der Waals surface area (Å²) < 4.78 is 15.8. The Morgan fingerprint density at radius 1 is 1.00 bits per heavy atom. The van der Waals surface area contributed by atoms with Gasteiger partial charge in [0.25, 0.3) is 11.5 Å². The molecule has 1 aliphatic rings. The molecule has 0 aliphatic heterocycles. The van der Waals surface area contributed by atoms with Gasteiger partial charge in [0.05, 0.1) is 18.5 Å². The van der Waals surface area contributed by atoms with E-state index < -0.39 is 5.82 Å². The summed E-state index contributed by atoms with van der Waals surface area (Å²) in [6.45, 7) is 0.288. The van der Waals surface area contributed by atoms with Crippen LogP contribution in [0.25, 0.3) is 10.8 Å². The third-order valence-corrected chi connectivity index (χ3v) is 6.24. The van der Waals surface area contributed by atoms with Gasteiger partial charge in [-0.3, -0.25) is 9.59 Å². The van der Waals surface area contributed by atoms with Crippen LogP contribution in [0.5, 0.6) is 0 Å². The van der Waals surface area contributed by atoms with E-state index in [1.54, 1.807) is 41.3 Å². The van der Waals surface area contributed by atoms with Gasteiger partial charge in [0.15, 0.2) is 5.69 Å². The minimum absolute atomic E-state index is 0.0109. The summed E-state index contributed by atoms with van der Waals surface area (Å²) in [6.07, 6.45) is 1.67. The van der Waals surface area contributed by atoms with Crippen LogP contribution in [0.4, 0.5) is 4.39 Å². The molecule has 33 heavy (non-hydrogen) atoms. The van der Waals surface area contributed by atoms with Crippen molar-refractivity contribution in [3.05, 3.63) is 111 Å². The van der Waals surface area contributed by atoms with E-state index in [0.29, 0.717) is 10.8 Å². The molecular weight excluding hydrogens is 441 g/mol. The van der Waals surface area contributed by atoms with Gasteiger partial charge in [-0.05, 0) is 36.6 Å². The molecule has 7 heteroatoms. The number of aromatic nitrogens is 2. The van der Waals surface area contributed by atoms with Crippen molar-refractivity contribution in [1.82, 2.24) is 14.7 Å². The molecule has 0 spiro atoms. The maximum absolute atomic E-state index is 14.5. The fourth-order valence-corrected chi connectivity index (χ4v) is 4.22. The molecule has 1 amide bonds. The van der Waals surface area contributed by atoms with E-state index in [9.17, 15) is 14.0 Å². The highest BCUT2D eigenvalue weighted by molar-refractivity contribution is 6.31. The number of fused-ring (bicyclic) bond motifs is 1. The number of amides is 1. The van der Waals surface area contributed by atoms with Gasteiger partial charge in [0.1, 0.15) is 5.82 Å². The van der Waals surface area contributed by atoms with E-state index >= 15 is 0 Å². The zero-order chi connectivity index (χ0) is 22.9. The third-order valence-electron chi connectivity index (χ3n) is 5.88. The van der Waals surface area contributed by atoms with Crippen molar-refractivity contribution in [3.8, 4) is 0 Å². The molecule has 0 radical (unpaired) electrons. The Bertz CT molecular complexity index is 1380. The lowest BCUT2D eigenvalue weighted by Gasteiger charge is -2.24. The van der Waals surface area contributed by atoms with Gasteiger partial charge in [0.2, 0.25) is 0 Å². The molecule has 0 saturated heterocycles. The predicted octanol–water partition coefficient (Wildman–Crippen LogP) is 5.04. The molecule has 1 saturated carbocycles. The molecule has 1 heterocycles. The predicted molar refractivity (Wildman–Crippen MR) is 126 cm³/mol. The maximum atomic E-state index is 14.5. The minimum Gasteiger partial charge on any atom is -0.330 e. The molecular formula is C26H21ClFN3O2. The molecule has 0 bridgehead atoms. The Morgan fingerprint density at radius 2 is 1.70 bits per heavy atom. The Hall–Kier alpha value is -3.51. The van der Waals surface area contributed by atoms with E-state index in [1.807, 2.05) is 30.3 Å². The van der Waals surface area contributed by atoms with Crippen LogP contribution >= 0.6 is 11.6 Å². The highest BCUT2D eigenvalue weighted by Crippen LogP contribution is 2.32. The van der Waals surface area contributed by atoms with Crippen molar-refractivity contribution < 1.29 is 9.18 Å². The van der Waals surface area contributed by atoms with E-state index in [-0.39, 0.29) is 46.9 Å². The average molecular weight is 462 g/mol. The summed E-state index contributed by atoms with van der Waals surface area (Å²) in [6, 6.07) is 20.9. The first kappa shape index (κ1) is 21.3. The van der Waals surface area contributed by atoms with Crippen LogP contribution in [0.1, 0.15) is 34.5 Å². The Labute approximate surface area is 195 Å². The first-order valence-electron chi connectivity index (χ1n) is 10.8. The van der Waals surface area contributed by atoms with E-state index in [2.05, 4.69) is 5.10 Å². The van der Waals surface area contributed by atoms with Crippen molar-refractivity contribution in [3.63, 3.8) is 0 Å². The number of benzene rings is 3. The average Bonchev–Trinajstić information content (AvgIpc) is 3.66. The van der Waals surface area contributed by atoms with Crippen LogP contribution in [0.2, 0.25) is 5.02 Å². The van der Waals surface area contributed by atoms with Gasteiger partial charge in [0, 0.05) is 22.0 Å². The van der Waals surface area contributed by atoms with Crippen LogP contribution < -0.4 is 5.56 Å². The van der Waals surface area contributed by atoms with Crippen LogP contribution in [0.15, 0.2) is 77.6 Å². The van der Waals surface area contributed by atoms with Crippen LogP contribution in [0.3, 0.4) is 0 Å². The Kier molecular flexibility index (Phi) is 5.68. The van der Waals surface area contributed by atoms with Crippen molar-refractivity contribution in [2.24, 2.45) is 0 Å². The largest absolute Gasteiger partial charge is 0.330 e. The summed E-state index contributed by atoms with van der Waals surface area (Å²) in [5.41, 5.74) is 1.10. The summed E-state index contributed by atoms with van der Waals surface area (Å²) >= 11 is 6.24. The number of nitrogens with zero attached hydrogens (tertiary/aromatic N) is 3. The maximum Gasteiger partial charge on any atom is 0.275 e. The zero-order valence-corrected chi connectivity index (χ0v) is 18.5. The van der Waals surface area contributed by atoms with E-state index in [0.717, 1.165) is 18.4 Å². The lowest BCUT2D eigenvalue weighted by atomic mass is 10.1. The molecule has 0 atom stereocenters. The molecule has 5 rings (SSSR count). The monoisotopic (exact) mass is 461 g/mol. The summed E-state index contributed by atoms with van der Waals surface area (Å²) in [5.74, 6) is -0.789. The number of carbonyl (C=O) groups is 1. The van der Waals surface area contributed by atoms with Crippen LogP contribution in [0, 0.1) is 5.82 Å². The van der Waals surface area contributed by atoms with Gasteiger partial charge in [-0.1, -0.05) is 66.2 Å². The summed E-state index contributed by atoms with van der Waals surface area (Å²) in [4.78, 5) is 28.5. The number of hydrogen-bond acceptors (Lipinski definition) is 3. The number of carbonyl (C=O) groups excluding carboxylic acids is 1. The molecule has 0 N–H and O–H groups in total. The van der Waals surface area contributed by atoms with E-state index in [1.165, 1.54) is 10.7 Å². The van der Waals surface area contributed by atoms with Crippen LogP contribution in [-0.4, -0.2) is 26.6 Å². The molecule has 1 aliphatic carbocycles. The second-order valence-electron chi connectivity index (χ2n) is 8.21. The highest BCUT2D eigenvalue weighted by Gasteiger charge is 2.35. The topological polar surface area (TPSA) is 55.2 Å². The normalized spacial score (nSPS) is 13.3. The zero-order valence-electron chi connectivity index (χ0n) is 17.7. The van der Waals surface area contributed by atoms with Gasteiger partial charge in [-0.15, -0.1) is 0 Å². The van der Waals surface area contributed by atoms with Crippen molar-refractivity contribution in [2.45, 2.75) is 32.0 Å². The van der Waals surface area contributed by atoms with Gasteiger partial charge >= 0.3 is 0 Å². The Morgan fingerprint density at radius 3 is 2.39 bits per heavy atom. The molecule has 3 aromatic carbocycles. The second kappa shape index (κ2) is 8.79. The highest BCUT2D eigenvalue weighted by atomic mass is 35.5. The van der Waals surface area contributed by atoms with Crippen molar-refractivity contribution in [1.29, 1.82) is 0 Å². The smallest absolute Gasteiger partial charge is 0.275 e. The Balaban J connectivity index is 1.59. The van der Waals surface area contributed by atoms with Gasteiger partial charge in [-0.2, -0.15) is 5.10 Å². The number of hydrogen-bond donors (Lipinski definition) is 0. The fraction of sp³-hybridized carbons (Fsp3) is 0.192. The quantitative estimate of drug-likeness (QED) is 0.404. The number of rotatable bonds is 6. The fourth-order valence-electron chi connectivity index (χ4n) is 4.00. The lowest BCUT2D eigenvalue weighted by molar-refractivity contribution is 0.0722. The molecule has 4 aromatic rings. The number of halogens is 2. The van der Waals surface area contributed by atoms with E-state index in [4.69, 9.17) is 11.6 Å². The molecule has 1 aromatic heterocycles. The summed E-state index contributed by atoms with van der Waals surface area (Å²) in [7, 11) is 0. The van der Waals surface area contributed by atoms with Crippen LogP contribution in [-0.2, 0) is 13.1 Å². The standard InChI is InChI=1S/C26H21ClFN3O2/c27-22-11-6-12-23(28)21(22)16-30(18-13-14-18)26(33)24-19-9-4-5-10-20(19)25(32)31(29-24)15-17-7-2-1-3-8-17/h1-12,18H,13-16H2. The molecule has 0 unspecified atom stereocenters. The second-order valence-corrected chi connectivity index (χ2v) is 8.61. The lowest BCUT2D eigenvalue weighted by Crippen LogP contribution is -2.36.